The van der Waals surface area contributed by atoms with Crippen LogP contribution in [0, 0.1) is 0 Å². The molecule has 9 nitrogen and oxygen atoms in total. The fourth-order valence-corrected chi connectivity index (χ4v) is 3.78. The summed E-state index contributed by atoms with van der Waals surface area (Å²) in [6.45, 7) is 3.07. The van der Waals surface area contributed by atoms with Gasteiger partial charge < -0.3 is 20.3 Å². The Labute approximate surface area is 209 Å². The molecule has 0 saturated carbocycles. The van der Waals surface area contributed by atoms with E-state index in [-0.39, 0.29) is 12.2 Å². The molecule has 1 fully saturated rings. The Morgan fingerprint density at radius 1 is 1.00 bits per heavy atom. The number of nitrogens with one attached hydrogen (secondary N) is 2. The maximum Gasteiger partial charge on any atom is 0.573 e. The van der Waals surface area contributed by atoms with Gasteiger partial charge in [0.2, 0.25) is 0 Å². The molecule has 12 heteroatoms. The van der Waals surface area contributed by atoms with Crippen LogP contribution in [-0.2, 0) is 11.3 Å². The molecule has 2 heterocycles. The number of amides is 5. The van der Waals surface area contributed by atoms with Crippen molar-refractivity contribution in [1.29, 1.82) is 0 Å². The number of aromatic nitrogens is 1. The summed E-state index contributed by atoms with van der Waals surface area (Å²) in [6.07, 6.45) is -1.96. The van der Waals surface area contributed by atoms with Gasteiger partial charge in [-0.15, -0.1) is 13.2 Å². The van der Waals surface area contributed by atoms with Crippen LogP contribution < -0.4 is 20.3 Å². The highest BCUT2D eigenvalue weighted by molar-refractivity contribution is 6.23. The van der Waals surface area contributed by atoms with E-state index < -0.39 is 35.6 Å². The number of urea groups is 2. The van der Waals surface area contributed by atoms with Crippen LogP contribution in [0.3, 0.4) is 0 Å². The monoisotopic (exact) mass is 513 g/mol. The van der Waals surface area contributed by atoms with Gasteiger partial charge in [0.25, 0.3) is 5.91 Å². The predicted molar refractivity (Wildman–Crippen MR) is 129 cm³/mol. The number of rotatable bonds is 6. The molecule has 1 saturated heterocycles. The number of imide groups is 1. The number of carbonyl (C=O) groups is 3. The summed E-state index contributed by atoms with van der Waals surface area (Å²) in [7, 11) is 0. The van der Waals surface area contributed by atoms with Crippen molar-refractivity contribution in [3.05, 3.63) is 78.6 Å². The van der Waals surface area contributed by atoms with E-state index in [0.717, 1.165) is 17.0 Å². The van der Waals surface area contributed by atoms with Crippen LogP contribution in [0.2, 0.25) is 0 Å². The highest BCUT2D eigenvalue weighted by atomic mass is 19.4. The van der Waals surface area contributed by atoms with Crippen LogP contribution >= 0.6 is 0 Å². The van der Waals surface area contributed by atoms with Crippen molar-refractivity contribution in [3.8, 4) is 5.75 Å². The Bertz CT molecular complexity index is 1310. The second-order valence-electron chi connectivity index (χ2n) is 8.59. The number of hydrogen-bond donors (Lipinski definition) is 2. The lowest BCUT2D eigenvalue weighted by Crippen LogP contribution is -2.43. The number of pyridine rings is 1. The van der Waals surface area contributed by atoms with Gasteiger partial charge in [-0.25, -0.2) is 14.5 Å². The van der Waals surface area contributed by atoms with Gasteiger partial charge in [0.1, 0.15) is 11.3 Å². The van der Waals surface area contributed by atoms with Crippen molar-refractivity contribution in [2.75, 3.05) is 15.5 Å². The minimum atomic E-state index is -4.87. The summed E-state index contributed by atoms with van der Waals surface area (Å²) in [5.74, 6) is -1.04. The van der Waals surface area contributed by atoms with Crippen molar-refractivity contribution in [2.45, 2.75) is 32.3 Å². The van der Waals surface area contributed by atoms with Gasteiger partial charge in [-0.05, 0) is 61.9 Å². The molecule has 1 aliphatic heterocycles. The summed E-state index contributed by atoms with van der Waals surface area (Å²) in [5, 5.41) is 5.39. The molecule has 1 aromatic heterocycles. The number of nitrogens with zero attached hydrogens (tertiary/aromatic N) is 3. The molecule has 0 radical (unpaired) electrons. The largest absolute Gasteiger partial charge is 0.573 e. The lowest BCUT2D eigenvalue weighted by Gasteiger charge is -2.28. The minimum absolute atomic E-state index is 0.0488. The average Bonchev–Trinajstić information content (AvgIpc) is 3.00. The third kappa shape index (κ3) is 5.63. The number of benzene rings is 2. The number of carbonyl (C=O) groups excluding carboxylic acids is 3. The topological polar surface area (TPSA) is 104 Å². The van der Waals surface area contributed by atoms with Crippen molar-refractivity contribution >= 4 is 35.0 Å². The average molecular weight is 513 g/mol. The second kappa shape index (κ2) is 9.80. The standard InChI is InChI=1S/C25H22F3N5O4/c1-24(2)21(34)33(18-8-10-19(11-9-18)37-25(26,27)28)23(36)32(24)15-16-12-13-29-14-20(16)31-22(35)30-17-6-4-3-5-7-17/h3-14H,15H2,1-2H3,(H2,30,31,35). The molecule has 0 bridgehead atoms. The molecule has 4 rings (SSSR count). The van der Waals surface area contributed by atoms with E-state index in [1.807, 2.05) is 6.07 Å². The zero-order chi connectivity index (χ0) is 26.8. The quantitative estimate of drug-likeness (QED) is 0.431. The van der Waals surface area contributed by atoms with Gasteiger partial charge in [0.15, 0.2) is 0 Å². The van der Waals surface area contributed by atoms with Gasteiger partial charge in [-0.3, -0.25) is 9.78 Å². The molecular weight excluding hydrogens is 491 g/mol. The Morgan fingerprint density at radius 2 is 1.68 bits per heavy atom. The summed E-state index contributed by atoms with van der Waals surface area (Å²) in [5.41, 5.74) is 0.234. The molecule has 2 N–H and O–H groups in total. The van der Waals surface area contributed by atoms with E-state index in [4.69, 9.17) is 0 Å². The number of halogens is 3. The molecule has 37 heavy (non-hydrogen) atoms. The van der Waals surface area contributed by atoms with Crippen LogP contribution in [0.15, 0.2) is 73.1 Å². The van der Waals surface area contributed by atoms with Crippen molar-refractivity contribution in [2.24, 2.45) is 0 Å². The van der Waals surface area contributed by atoms with Crippen LogP contribution in [0.5, 0.6) is 5.75 Å². The maximum atomic E-state index is 13.3. The molecule has 0 atom stereocenters. The smallest absolute Gasteiger partial charge is 0.406 e. The molecule has 2 aromatic carbocycles. The molecule has 3 aromatic rings. The van der Waals surface area contributed by atoms with E-state index in [0.29, 0.717) is 16.9 Å². The van der Waals surface area contributed by atoms with E-state index in [1.54, 1.807) is 44.2 Å². The molecule has 0 spiro atoms. The van der Waals surface area contributed by atoms with Crippen LogP contribution in [0.25, 0.3) is 0 Å². The maximum absolute atomic E-state index is 13.3. The molecular formula is C25H22F3N5O4. The van der Waals surface area contributed by atoms with Gasteiger partial charge in [-0.2, -0.15) is 0 Å². The van der Waals surface area contributed by atoms with Crippen LogP contribution in [0.1, 0.15) is 19.4 Å². The Kier molecular flexibility index (Phi) is 6.75. The summed E-state index contributed by atoms with van der Waals surface area (Å²) < 4.78 is 41.2. The number of alkyl halides is 3. The van der Waals surface area contributed by atoms with Gasteiger partial charge >= 0.3 is 18.4 Å². The highest BCUT2D eigenvalue weighted by Gasteiger charge is 2.52. The van der Waals surface area contributed by atoms with E-state index >= 15 is 0 Å². The first-order valence-corrected chi connectivity index (χ1v) is 11.0. The Morgan fingerprint density at radius 3 is 2.32 bits per heavy atom. The SMILES string of the molecule is CC1(C)C(=O)N(c2ccc(OC(F)(F)F)cc2)C(=O)N1Cc1ccncc1NC(=O)Nc1ccccc1. The zero-order valence-electron chi connectivity index (χ0n) is 19.7. The minimum Gasteiger partial charge on any atom is -0.406 e. The first kappa shape index (κ1) is 25.5. The van der Waals surface area contributed by atoms with Crippen LogP contribution in [0.4, 0.5) is 39.8 Å². The highest BCUT2D eigenvalue weighted by Crippen LogP contribution is 2.35. The summed E-state index contributed by atoms with van der Waals surface area (Å²) in [6, 6.07) is 13.6. The first-order chi connectivity index (χ1) is 17.5. The molecule has 0 aliphatic carbocycles. The van der Waals surface area contributed by atoms with E-state index in [1.165, 1.54) is 29.4 Å². The first-order valence-electron chi connectivity index (χ1n) is 11.0. The fraction of sp³-hybridized carbons (Fsp3) is 0.200. The van der Waals surface area contributed by atoms with Crippen LogP contribution in [-0.4, -0.2) is 39.8 Å². The number of para-hydroxylation sites is 1. The summed E-state index contributed by atoms with van der Waals surface area (Å²) in [4.78, 5) is 45.2. The second-order valence-corrected chi connectivity index (χ2v) is 8.59. The molecule has 192 valence electrons. The third-order valence-corrected chi connectivity index (χ3v) is 5.67. The number of ether oxygens (including phenoxy) is 1. The lowest BCUT2D eigenvalue weighted by molar-refractivity contribution is -0.274. The van der Waals surface area contributed by atoms with Gasteiger partial charge in [0.05, 0.1) is 24.1 Å². The Balaban J connectivity index is 1.53. The van der Waals surface area contributed by atoms with Crippen molar-refractivity contribution in [1.82, 2.24) is 9.88 Å². The number of anilines is 3. The van der Waals surface area contributed by atoms with E-state index in [9.17, 15) is 27.6 Å². The molecule has 0 unspecified atom stereocenters. The normalized spacial score (nSPS) is 15.1. The van der Waals surface area contributed by atoms with Crippen molar-refractivity contribution in [3.63, 3.8) is 0 Å². The van der Waals surface area contributed by atoms with Gasteiger partial charge in [-0.1, -0.05) is 18.2 Å². The fourth-order valence-electron chi connectivity index (χ4n) is 3.78. The van der Waals surface area contributed by atoms with Gasteiger partial charge in [0, 0.05) is 11.9 Å². The molecule has 5 amide bonds. The summed E-state index contributed by atoms with van der Waals surface area (Å²) >= 11 is 0. The molecule has 1 aliphatic rings. The lowest BCUT2D eigenvalue weighted by atomic mass is 10.0. The number of hydrogen-bond acceptors (Lipinski definition) is 5. The van der Waals surface area contributed by atoms with E-state index in [2.05, 4.69) is 20.4 Å². The Hall–Kier alpha value is -4.61. The third-order valence-electron chi connectivity index (χ3n) is 5.67. The van der Waals surface area contributed by atoms with Crippen molar-refractivity contribution < 1.29 is 32.3 Å². The zero-order valence-corrected chi connectivity index (χ0v) is 19.7. The predicted octanol–water partition coefficient (Wildman–Crippen LogP) is 5.37.